The summed E-state index contributed by atoms with van der Waals surface area (Å²) in [6.07, 6.45) is 0.500. The van der Waals surface area contributed by atoms with Crippen LogP contribution in [-0.4, -0.2) is 49.7 Å². The van der Waals surface area contributed by atoms with E-state index in [1.54, 1.807) is 45.0 Å². The fraction of sp³-hybridized carbons (Fsp3) is 0.421. The molecule has 3 aromatic rings. The first-order chi connectivity index (χ1) is 22.8. The zero-order chi connectivity index (χ0) is 37.3. The van der Waals surface area contributed by atoms with E-state index in [4.69, 9.17) is 42.9 Å². The Labute approximate surface area is 287 Å². The molecule has 0 aromatic heterocycles. The monoisotopic (exact) mass is 678 g/mol. The summed E-state index contributed by atoms with van der Waals surface area (Å²) in [5.74, 6) is 0.299. The van der Waals surface area contributed by atoms with Crippen molar-refractivity contribution in [2.45, 2.75) is 74.5 Å². The zero-order valence-corrected chi connectivity index (χ0v) is 29.7. The number of esters is 2. The van der Waals surface area contributed by atoms with Crippen LogP contribution in [0.2, 0.25) is 0 Å². The maximum atomic E-state index is 12.9. The van der Waals surface area contributed by atoms with Crippen molar-refractivity contribution in [2.75, 3.05) is 19.8 Å². The minimum Gasteiger partial charge on any atom is -0.489 e. The van der Waals surface area contributed by atoms with Crippen LogP contribution in [0.3, 0.4) is 0 Å². The van der Waals surface area contributed by atoms with Crippen LogP contribution in [-0.2, 0) is 40.1 Å². The Morgan fingerprint density at radius 1 is 0.633 bits per heavy atom. The summed E-state index contributed by atoms with van der Waals surface area (Å²) in [5, 5.41) is 0. The van der Waals surface area contributed by atoms with Crippen molar-refractivity contribution in [3.05, 3.63) is 77.9 Å². The summed E-state index contributed by atoms with van der Waals surface area (Å²) in [4.78, 5) is 58.0. The van der Waals surface area contributed by atoms with Crippen LogP contribution in [0.1, 0.15) is 78.2 Å². The summed E-state index contributed by atoms with van der Waals surface area (Å²) in [6.45, 7) is 18.5. The molecule has 0 aliphatic rings. The first-order valence-electron chi connectivity index (χ1n) is 15.4. The Balaban J connectivity index is 0.00000186. The van der Waals surface area contributed by atoms with Crippen molar-refractivity contribution in [3.63, 3.8) is 0 Å². The number of hydrogen-bond acceptors (Lipinski definition) is 11. The largest absolute Gasteiger partial charge is 0.489 e. The molecule has 0 spiro atoms. The summed E-state index contributed by atoms with van der Waals surface area (Å²) in [7, 11) is 0. The fourth-order valence-corrected chi connectivity index (χ4v) is 3.82. The Morgan fingerprint density at radius 3 is 1.69 bits per heavy atom. The molecule has 0 aliphatic heterocycles. The zero-order valence-electron chi connectivity index (χ0n) is 29.7. The molecule has 0 unspecified atom stereocenters. The molecule has 0 aliphatic carbocycles. The molecule has 0 bridgehead atoms. The molecule has 11 nitrogen and oxygen atoms in total. The first-order valence-corrected chi connectivity index (χ1v) is 15.4. The van der Waals surface area contributed by atoms with Crippen LogP contribution in [0.15, 0.2) is 66.7 Å². The highest BCUT2D eigenvalue weighted by Crippen LogP contribution is 2.43. The third-order valence-electron chi connectivity index (χ3n) is 5.74. The van der Waals surface area contributed by atoms with Gasteiger partial charge in [0.1, 0.15) is 12.2 Å². The number of ether oxygens (including phenoxy) is 5. The number of benzene rings is 3. The predicted octanol–water partition coefficient (Wildman–Crippen LogP) is 7.11. The SMILES string of the molecule is CC(C)(C)COc1cc(-c2cccc(C(=O)OCc3ccccc3)c2)cc(OCC(=O)OC(C)(C)C)c1OCC(C)(C)C.O=C=O.O=C=O. The van der Waals surface area contributed by atoms with E-state index in [2.05, 4.69) is 41.5 Å². The van der Waals surface area contributed by atoms with Crippen molar-refractivity contribution in [2.24, 2.45) is 10.8 Å². The van der Waals surface area contributed by atoms with E-state index in [0.717, 1.165) is 16.7 Å². The third kappa shape index (κ3) is 17.5. The predicted molar refractivity (Wildman–Crippen MR) is 179 cm³/mol. The smallest absolute Gasteiger partial charge is 0.373 e. The van der Waals surface area contributed by atoms with Gasteiger partial charge in [-0.05, 0) is 72.6 Å². The minimum atomic E-state index is -0.648. The van der Waals surface area contributed by atoms with Crippen LogP contribution in [0.25, 0.3) is 11.1 Å². The molecule has 0 amide bonds. The second-order valence-electron chi connectivity index (χ2n) is 14.2. The van der Waals surface area contributed by atoms with Gasteiger partial charge in [-0.2, -0.15) is 19.2 Å². The molecule has 3 rings (SSSR count). The molecule has 11 heteroatoms. The highest BCUT2D eigenvalue weighted by atomic mass is 16.6. The number of rotatable bonds is 11. The molecule has 264 valence electrons. The van der Waals surface area contributed by atoms with E-state index in [0.29, 0.717) is 36.0 Å². The molecule has 3 aromatic carbocycles. The van der Waals surface area contributed by atoms with Crippen LogP contribution >= 0.6 is 0 Å². The van der Waals surface area contributed by atoms with Crippen molar-refractivity contribution >= 4 is 24.2 Å². The van der Waals surface area contributed by atoms with Gasteiger partial charge in [0, 0.05) is 0 Å². The van der Waals surface area contributed by atoms with E-state index in [-0.39, 0.29) is 36.3 Å². The maximum absolute atomic E-state index is 12.9. The topological polar surface area (TPSA) is 149 Å². The quantitative estimate of drug-likeness (QED) is 0.191. The van der Waals surface area contributed by atoms with Crippen molar-refractivity contribution < 1.29 is 52.5 Å². The van der Waals surface area contributed by atoms with Gasteiger partial charge in [0.25, 0.3) is 0 Å². The highest BCUT2D eigenvalue weighted by Gasteiger charge is 2.24. The second-order valence-corrected chi connectivity index (χ2v) is 14.2. The minimum absolute atomic E-state index is 0.128. The average molecular weight is 679 g/mol. The lowest BCUT2D eigenvalue weighted by atomic mass is 9.98. The van der Waals surface area contributed by atoms with Gasteiger partial charge in [-0.15, -0.1) is 0 Å². The molecule has 0 N–H and O–H groups in total. The number of carbonyl (C=O) groups is 2. The Hall–Kier alpha value is -5.24. The van der Waals surface area contributed by atoms with Gasteiger partial charge in [-0.3, -0.25) is 0 Å². The summed E-state index contributed by atoms with van der Waals surface area (Å²) < 4.78 is 29.6. The molecule has 0 atom stereocenters. The molecule has 0 radical (unpaired) electrons. The Bertz CT molecular complexity index is 1550. The van der Waals surface area contributed by atoms with Gasteiger partial charge in [0.15, 0.2) is 18.1 Å². The highest BCUT2D eigenvalue weighted by molar-refractivity contribution is 5.91. The third-order valence-corrected chi connectivity index (χ3v) is 5.74. The van der Waals surface area contributed by atoms with Crippen LogP contribution in [0.5, 0.6) is 17.2 Å². The Morgan fingerprint density at radius 2 is 1.16 bits per heavy atom. The molecule has 0 fully saturated rings. The number of hydrogen-bond donors (Lipinski definition) is 0. The standard InChI is InChI=1S/C36H46O7.2CO2/c1-34(2,3)23-41-30-20-28(26-16-13-17-27(18-26)33(38)40-21-25-14-11-10-12-15-25)19-29(32(30)42-24-35(4,5)6)39-22-31(37)43-36(7,8)9;2*2-1-3/h10-20H,21-24H2,1-9H3;;. The van der Waals surface area contributed by atoms with Gasteiger partial charge in [0.05, 0.1) is 18.8 Å². The van der Waals surface area contributed by atoms with E-state index >= 15 is 0 Å². The molecule has 49 heavy (non-hydrogen) atoms. The summed E-state index contributed by atoms with van der Waals surface area (Å²) in [5.41, 5.74) is 1.88. The first kappa shape index (κ1) is 41.8. The normalized spacial score (nSPS) is 10.8. The van der Waals surface area contributed by atoms with Gasteiger partial charge in [-0.1, -0.05) is 84.0 Å². The van der Waals surface area contributed by atoms with E-state index in [1.165, 1.54) is 0 Å². The lowest BCUT2D eigenvalue weighted by Crippen LogP contribution is -2.27. The molecule has 0 heterocycles. The molecular weight excluding hydrogens is 632 g/mol. The molecule has 0 saturated carbocycles. The lowest BCUT2D eigenvalue weighted by Gasteiger charge is -2.25. The van der Waals surface area contributed by atoms with Crippen molar-refractivity contribution in [3.8, 4) is 28.4 Å². The van der Waals surface area contributed by atoms with E-state index in [9.17, 15) is 9.59 Å². The average Bonchev–Trinajstić information content (AvgIpc) is 3.00. The van der Waals surface area contributed by atoms with Gasteiger partial charge < -0.3 is 23.7 Å². The van der Waals surface area contributed by atoms with Crippen LogP contribution in [0, 0.1) is 10.8 Å². The van der Waals surface area contributed by atoms with Crippen molar-refractivity contribution in [1.29, 1.82) is 0 Å². The lowest BCUT2D eigenvalue weighted by molar-refractivity contribution is -0.193. The molecule has 0 saturated heterocycles. The fourth-order valence-electron chi connectivity index (χ4n) is 3.82. The number of carbonyl (C=O) groups excluding carboxylic acids is 6. The molecular formula is C38H46O11. The van der Waals surface area contributed by atoms with E-state index in [1.807, 2.05) is 42.5 Å². The van der Waals surface area contributed by atoms with Gasteiger partial charge in [-0.25, -0.2) is 9.59 Å². The van der Waals surface area contributed by atoms with Crippen LogP contribution in [0.4, 0.5) is 0 Å². The summed E-state index contributed by atoms with van der Waals surface area (Å²) >= 11 is 0. The van der Waals surface area contributed by atoms with Crippen LogP contribution < -0.4 is 14.2 Å². The van der Waals surface area contributed by atoms with Gasteiger partial charge >= 0.3 is 24.2 Å². The van der Waals surface area contributed by atoms with Gasteiger partial charge in [0.2, 0.25) is 5.75 Å². The maximum Gasteiger partial charge on any atom is 0.373 e. The van der Waals surface area contributed by atoms with E-state index < -0.39 is 17.5 Å². The van der Waals surface area contributed by atoms with Crippen molar-refractivity contribution in [1.82, 2.24) is 0 Å². The Kier molecular flexibility index (Phi) is 16.7. The summed E-state index contributed by atoms with van der Waals surface area (Å²) in [6, 6.07) is 20.4. The second kappa shape index (κ2) is 19.5.